The second kappa shape index (κ2) is 3.90. The van der Waals surface area contributed by atoms with Crippen molar-refractivity contribution in [1.29, 1.82) is 0 Å². The lowest BCUT2D eigenvalue weighted by atomic mass is 10.1. The summed E-state index contributed by atoms with van der Waals surface area (Å²) >= 11 is 0. The smallest absolute Gasteiger partial charge is 0.231 e. The first-order valence-electron chi connectivity index (χ1n) is 6.12. The second-order valence-electron chi connectivity index (χ2n) is 3.17. The lowest BCUT2D eigenvalue weighted by Crippen LogP contribution is -2.30. The molecule has 4 nitrogen and oxygen atoms in total. The van der Waals surface area contributed by atoms with E-state index in [4.69, 9.17) is 13.6 Å². The molecule has 1 aliphatic rings. The number of hydrogen-bond donors (Lipinski definition) is 1. The van der Waals surface area contributed by atoms with Gasteiger partial charge in [0.05, 0.1) is 7.39 Å². The van der Waals surface area contributed by atoms with Crippen LogP contribution in [0.5, 0.6) is 11.5 Å². The van der Waals surface area contributed by atoms with Crippen molar-refractivity contribution in [3.63, 3.8) is 0 Å². The minimum atomic E-state index is -1.72. The first-order valence-corrected chi connectivity index (χ1v) is 4.47. The van der Waals surface area contributed by atoms with Gasteiger partial charge in [0.2, 0.25) is 6.79 Å². The molecule has 15 heavy (non-hydrogen) atoms. The van der Waals surface area contributed by atoms with E-state index in [1.54, 1.807) is 6.07 Å². The van der Waals surface area contributed by atoms with Crippen LogP contribution in [0.3, 0.4) is 0 Å². The minimum Gasteiger partial charge on any atom is -0.454 e. The highest BCUT2D eigenvalue weighted by Gasteiger charge is 2.18. The number of carbonyl (C=O) groups is 1. The summed E-state index contributed by atoms with van der Waals surface area (Å²) < 4.78 is 32.2. The highest BCUT2D eigenvalue weighted by Crippen LogP contribution is 2.32. The highest BCUT2D eigenvalue weighted by molar-refractivity contribution is 6.00. The number of likely N-dealkylation sites (N-methyl/N-ethyl adjacent to an activating group) is 1. The van der Waals surface area contributed by atoms with Gasteiger partial charge < -0.3 is 14.8 Å². The van der Waals surface area contributed by atoms with Crippen molar-refractivity contribution >= 4 is 5.78 Å². The average molecular weight is 210 g/mol. The van der Waals surface area contributed by atoms with Gasteiger partial charge in [-0.1, -0.05) is 0 Å². The number of carbonyl (C=O) groups excluding carboxylic acids is 1. The Morgan fingerprint density at radius 1 is 1.60 bits per heavy atom. The van der Waals surface area contributed by atoms with Gasteiger partial charge in [0, 0.05) is 8.30 Å². The summed E-state index contributed by atoms with van der Waals surface area (Å²) in [7, 11) is 0. The number of Topliss-reactive ketones (excluding diaryl/α,β-unsaturated/α-hetero) is 1. The van der Waals surface area contributed by atoms with Crippen molar-refractivity contribution in [3.8, 4) is 11.5 Å². The third-order valence-electron chi connectivity index (χ3n) is 2.19. The van der Waals surface area contributed by atoms with Gasteiger partial charge in [-0.3, -0.25) is 4.79 Å². The largest absolute Gasteiger partial charge is 0.454 e. The third-order valence-corrected chi connectivity index (χ3v) is 2.19. The summed E-state index contributed by atoms with van der Waals surface area (Å²) in [5.74, 6) is 0.500. The van der Waals surface area contributed by atoms with Gasteiger partial charge in [-0.05, 0) is 32.1 Å². The Bertz CT molecular complexity index is 477. The van der Waals surface area contributed by atoms with E-state index in [-0.39, 0.29) is 12.4 Å². The second-order valence-corrected chi connectivity index (χ2v) is 3.17. The quantitative estimate of drug-likeness (QED) is 0.762. The molecule has 0 aromatic heterocycles. The van der Waals surface area contributed by atoms with Crippen LogP contribution in [0.25, 0.3) is 0 Å². The molecule has 0 saturated heterocycles. The SMILES string of the molecule is [2H]C([2H])N[C@@]([2H])(C)C(=O)c1ccc2c(c1)OCO2. The molecule has 1 aliphatic heterocycles. The molecular formula is C11H13NO3. The van der Waals surface area contributed by atoms with E-state index in [0.717, 1.165) is 0 Å². The van der Waals surface area contributed by atoms with Crippen LogP contribution in [0.15, 0.2) is 18.2 Å². The fourth-order valence-electron chi connectivity index (χ4n) is 1.32. The zero-order valence-corrected chi connectivity index (χ0v) is 8.24. The van der Waals surface area contributed by atoms with Crippen molar-refractivity contribution in [2.45, 2.75) is 12.9 Å². The van der Waals surface area contributed by atoms with Crippen LogP contribution in [0.4, 0.5) is 0 Å². The van der Waals surface area contributed by atoms with Crippen LogP contribution in [-0.4, -0.2) is 25.6 Å². The topological polar surface area (TPSA) is 47.6 Å². The molecule has 1 aromatic rings. The molecule has 1 aromatic carbocycles. The van der Waals surface area contributed by atoms with Gasteiger partial charge in [0.15, 0.2) is 17.3 Å². The van der Waals surface area contributed by atoms with Crippen LogP contribution in [-0.2, 0) is 0 Å². The van der Waals surface area contributed by atoms with E-state index >= 15 is 0 Å². The number of ketones is 1. The Kier molecular flexibility index (Phi) is 1.78. The molecule has 1 heterocycles. The maximum absolute atomic E-state index is 12.1. The normalized spacial score (nSPS) is 20.3. The molecule has 0 radical (unpaired) electrons. The fraction of sp³-hybridized carbons (Fsp3) is 0.364. The first-order chi connectivity index (χ1) is 8.40. The highest BCUT2D eigenvalue weighted by atomic mass is 16.7. The molecule has 0 aliphatic carbocycles. The van der Waals surface area contributed by atoms with Crippen molar-refractivity contribution in [1.82, 2.24) is 5.32 Å². The summed E-state index contributed by atoms with van der Waals surface area (Å²) in [5.41, 5.74) is 0.282. The summed E-state index contributed by atoms with van der Waals surface area (Å²) in [5, 5.41) is 2.26. The molecule has 0 saturated carbocycles. The molecule has 1 N–H and O–H groups in total. The molecule has 0 spiro atoms. The Hall–Kier alpha value is -1.55. The van der Waals surface area contributed by atoms with Gasteiger partial charge >= 0.3 is 0 Å². The zero-order chi connectivity index (χ0) is 13.3. The Balaban J connectivity index is 2.23. The standard InChI is InChI=1S/C11H13NO3/c1-7(12-2)11(13)8-3-4-9-10(5-8)15-6-14-9/h3-5,7,12H,6H2,1-2H3/t7-/m0/s1/i2D2,7D. The predicted molar refractivity (Wildman–Crippen MR) is 55.4 cm³/mol. The lowest BCUT2D eigenvalue weighted by molar-refractivity contribution is 0.0954. The molecule has 0 amide bonds. The van der Waals surface area contributed by atoms with E-state index in [0.29, 0.717) is 11.5 Å². The van der Waals surface area contributed by atoms with E-state index < -0.39 is 18.8 Å². The average Bonchev–Trinajstić information content (AvgIpc) is 2.72. The van der Waals surface area contributed by atoms with Crippen LogP contribution in [0.1, 0.15) is 21.4 Å². The molecule has 0 unspecified atom stereocenters. The van der Waals surface area contributed by atoms with Gasteiger partial charge in [-0.2, -0.15) is 0 Å². The number of ether oxygens (including phenoxy) is 2. The lowest BCUT2D eigenvalue weighted by Gasteiger charge is -2.09. The van der Waals surface area contributed by atoms with Gasteiger partial charge in [-0.25, -0.2) is 0 Å². The summed E-state index contributed by atoms with van der Waals surface area (Å²) in [6.45, 7) is -0.00796. The molecule has 1 atom stereocenters. The Labute approximate surface area is 92.4 Å². The Morgan fingerprint density at radius 3 is 3.20 bits per heavy atom. The van der Waals surface area contributed by atoms with Gasteiger partial charge in [-0.15, -0.1) is 0 Å². The molecule has 80 valence electrons. The summed E-state index contributed by atoms with van der Waals surface area (Å²) in [4.78, 5) is 12.1. The van der Waals surface area contributed by atoms with E-state index in [1.807, 2.05) is 0 Å². The van der Waals surface area contributed by atoms with Crippen LogP contribution in [0.2, 0.25) is 0 Å². The van der Waals surface area contributed by atoms with Crippen molar-refractivity contribution < 1.29 is 18.4 Å². The maximum atomic E-state index is 12.1. The monoisotopic (exact) mass is 210 g/mol. The number of hydrogen-bond acceptors (Lipinski definition) is 4. The molecule has 4 heteroatoms. The van der Waals surface area contributed by atoms with Crippen LogP contribution in [0, 0.1) is 0 Å². The van der Waals surface area contributed by atoms with Crippen LogP contribution < -0.4 is 14.8 Å². The van der Waals surface area contributed by atoms with Crippen molar-refractivity contribution in [2.24, 2.45) is 0 Å². The molecule has 0 fully saturated rings. The van der Waals surface area contributed by atoms with Crippen molar-refractivity contribution in [2.75, 3.05) is 13.8 Å². The van der Waals surface area contributed by atoms with E-state index in [2.05, 4.69) is 5.32 Å². The Morgan fingerprint density at radius 2 is 2.40 bits per heavy atom. The number of benzene rings is 1. The summed E-state index contributed by atoms with van der Waals surface area (Å²) in [6.07, 6.45) is 0. The maximum Gasteiger partial charge on any atom is 0.231 e. The number of fused-ring (bicyclic) bond motifs is 1. The molecule has 2 rings (SSSR count). The van der Waals surface area contributed by atoms with Crippen LogP contribution >= 0.6 is 0 Å². The zero-order valence-electron chi connectivity index (χ0n) is 11.2. The number of rotatable bonds is 3. The molecular weight excluding hydrogens is 194 g/mol. The fourth-order valence-corrected chi connectivity index (χ4v) is 1.32. The van der Waals surface area contributed by atoms with E-state index in [1.165, 1.54) is 19.1 Å². The minimum absolute atomic E-state index is 0.116. The summed E-state index contributed by atoms with van der Waals surface area (Å²) in [6, 6.07) is 2.92. The van der Waals surface area contributed by atoms with Gasteiger partial charge in [0.1, 0.15) is 0 Å². The van der Waals surface area contributed by atoms with Gasteiger partial charge in [0.25, 0.3) is 0 Å². The van der Waals surface area contributed by atoms with E-state index in [9.17, 15) is 4.79 Å². The number of nitrogens with one attached hydrogen (secondary N) is 1. The third kappa shape index (κ3) is 1.80. The first kappa shape index (κ1) is 6.85. The predicted octanol–water partition coefficient (Wildman–Crippen LogP) is 1.21. The molecule has 0 bridgehead atoms. The van der Waals surface area contributed by atoms with Crippen molar-refractivity contribution in [3.05, 3.63) is 23.8 Å².